The van der Waals surface area contributed by atoms with Crippen LogP contribution >= 0.6 is 0 Å². The first kappa shape index (κ1) is 9.09. The zero-order valence-electron chi connectivity index (χ0n) is 8.20. The lowest BCUT2D eigenvalue weighted by Gasteiger charge is -2.01. The maximum absolute atomic E-state index is 13.0. The van der Waals surface area contributed by atoms with Crippen LogP contribution in [-0.4, -0.2) is 10.9 Å². The minimum atomic E-state index is -0.445. The number of fused-ring (bicyclic) bond motifs is 3. The third kappa shape index (κ3) is 1.03. The summed E-state index contributed by atoms with van der Waals surface area (Å²) in [5.74, 6) is -0.629. The van der Waals surface area contributed by atoms with Crippen LogP contribution in [0.15, 0.2) is 36.4 Å². The summed E-state index contributed by atoms with van der Waals surface area (Å²) in [4.78, 5) is 11.9. The third-order valence-corrected chi connectivity index (χ3v) is 2.78. The SMILES string of the molecule is O=C1c2cc(F)ccc2-c2c(O)cccc21. The number of carbonyl (C=O) groups excluding carboxylic acids is 1. The van der Waals surface area contributed by atoms with Gasteiger partial charge in [0.1, 0.15) is 11.6 Å². The Kier molecular flexibility index (Phi) is 1.66. The second kappa shape index (κ2) is 2.92. The van der Waals surface area contributed by atoms with E-state index in [1.807, 2.05) is 0 Å². The molecule has 78 valence electrons. The molecule has 0 unspecified atom stereocenters. The molecule has 1 N–H and O–H groups in total. The van der Waals surface area contributed by atoms with Crippen molar-refractivity contribution in [1.29, 1.82) is 0 Å². The van der Waals surface area contributed by atoms with Gasteiger partial charge in [0.2, 0.25) is 0 Å². The quantitative estimate of drug-likeness (QED) is 0.624. The van der Waals surface area contributed by atoms with Crippen molar-refractivity contribution in [3.05, 3.63) is 53.3 Å². The van der Waals surface area contributed by atoms with Gasteiger partial charge in [-0.3, -0.25) is 4.79 Å². The molecule has 3 heteroatoms. The Labute approximate surface area is 91.0 Å². The minimum Gasteiger partial charge on any atom is -0.507 e. The van der Waals surface area contributed by atoms with Gasteiger partial charge < -0.3 is 5.11 Å². The highest BCUT2D eigenvalue weighted by Crippen LogP contribution is 2.41. The molecule has 3 rings (SSSR count). The molecule has 0 amide bonds. The Bertz CT molecular complexity index is 617. The number of halogens is 1. The van der Waals surface area contributed by atoms with E-state index in [1.54, 1.807) is 12.1 Å². The number of ketones is 1. The van der Waals surface area contributed by atoms with Crippen LogP contribution in [0.4, 0.5) is 4.39 Å². The maximum atomic E-state index is 13.0. The fraction of sp³-hybridized carbons (Fsp3) is 0. The highest BCUT2D eigenvalue weighted by atomic mass is 19.1. The average molecular weight is 214 g/mol. The van der Waals surface area contributed by atoms with Crippen LogP contribution in [0, 0.1) is 5.82 Å². The van der Waals surface area contributed by atoms with Crippen molar-refractivity contribution >= 4 is 5.78 Å². The lowest BCUT2D eigenvalue weighted by atomic mass is 10.1. The van der Waals surface area contributed by atoms with E-state index in [2.05, 4.69) is 0 Å². The number of carbonyl (C=O) groups is 1. The largest absolute Gasteiger partial charge is 0.507 e. The van der Waals surface area contributed by atoms with Crippen LogP contribution in [0.5, 0.6) is 5.75 Å². The van der Waals surface area contributed by atoms with Crippen molar-refractivity contribution in [2.45, 2.75) is 0 Å². The second-order valence-electron chi connectivity index (χ2n) is 3.72. The first-order valence-corrected chi connectivity index (χ1v) is 4.85. The van der Waals surface area contributed by atoms with Crippen molar-refractivity contribution in [3.63, 3.8) is 0 Å². The predicted molar refractivity (Wildman–Crippen MR) is 56.9 cm³/mol. The molecule has 1 aliphatic carbocycles. The van der Waals surface area contributed by atoms with E-state index in [4.69, 9.17) is 0 Å². The minimum absolute atomic E-state index is 0.0520. The van der Waals surface area contributed by atoms with Gasteiger partial charge in [-0.15, -0.1) is 0 Å². The first-order chi connectivity index (χ1) is 7.68. The fourth-order valence-corrected chi connectivity index (χ4v) is 2.08. The van der Waals surface area contributed by atoms with Crippen molar-refractivity contribution in [1.82, 2.24) is 0 Å². The van der Waals surface area contributed by atoms with E-state index >= 15 is 0 Å². The van der Waals surface area contributed by atoms with Crippen LogP contribution in [0.25, 0.3) is 11.1 Å². The monoisotopic (exact) mass is 214 g/mol. The van der Waals surface area contributed by atoms with Crippen LogP contribution < -0.4 is 0 Å². The summed E-state index contributed by atoms with van der Waals surface area (Å²) < 4.78 is 13.0. The summed E-state index contributed by atoms with van der Waals surface area (Å²) >= 11 is 0. The Morgan fingerprint density at radius 1 is 1.00 bits per heavy atom. The van der Waals surface area contributed by atoms with Gasteiger partial charge in [-0.1, -0.05) is 18.2 Å². The zero-order valence-corrected chi connectivity index (χ0v) is 8.20. The highest BCUT2D eigenvalue weighted by Gasteiger charge is 2.28. The maximum Gasteiger partial charge on any atom is 0.194 e. The van der Waals surface area contributed by atoms with Gasteiger partial charge in [0, 0.05) is 16.7 Å². The summed E-state index contributed by atoms with van der Waals surface area (Å²) in [6, 6.07) is 8.77. The highest BCUT2D eigenvalue weighted by molar-refractivity contribution is 6.22. The Morgan fingerprint density at radius 2 is 1.81 bits per heavy atom. The van der Waals surface area contributed by atoms with E-state index < -0.39 is 5.82 Å². The van der Waals surface area contributed by atoms with Crippen LogP contribution in [-0.2, 0) is 0 Å². The number of benzene rings is 2. The number of phenols is 1. The smallest absolute Gasteiger partial charge is 0.194 e. The van der Waals surface area contributed by atoms with Gasteiger partial charge in [0.05, 0.1) is 0 Å². The van der Waals surface area contributed by atoms with E-state index in [-0.39, 0.29) is 11.5 Å². The van der Waals surface area contributed by atoms with Crippen LogP contribution in [0.2, 0.25) is 0 Å². The van der Waals surface area contributed by atoms with E-state index in [9.17, 15) is 14.3 Å². The van der Waals surface area contributed by atoms with Crippen molar-refractivity contribution < 1.29 is 14.3 Å². The third-order valence-electron chi connectivity index (χ3n) is 2.78. The molecule has 1 aliphatic rings. The molecule has 0 aromatic heterocycles. The molecule has 0 spiro atoms. The predicted octanol–water partition coefficient (Wildman–Crippen LogP) is 2.74. The zero-order chi connectivity index (χ0) is 11.3. The summed E-state index contributed by atoms with van der Waals surface area (Å²) in [7, 11) is 0. The summed E-state index contributed by atoms with van der Waals surface area (Å²) in [6.07, 6.45) is 0. The molecule has 0 bridgehead atoms. The van der Waals surface area contributed by atoms with Crippen LogP contribution in [0.1, 0.15) is 15.9 Å². The van der Waals surface area contributed by atoms with E-state index in [0.29, 0.717) is 22.3 Å². The molecule has 2 aromatic carbocycles. The van der Waals surface area contributed by atoms with Gasteiger partial charge in [-0.05, 0) is 23.8 Å². The van der Waals surface area contributed by atoms with Crippen molar-refractivity contribution in [2.24, 2.45) is 0 Å². The molecule has 16 heavy (non-hydrogen) atoms. The van der Waals surface area contributed by atoms with Gasteiger partial charge in [0.15, 0.2) is 5.78 Å². The Morgan fingerprint density at radius 3 is 2.62 bits per heavy atom. The number of hydrogen-bond acceptors (Lipinski definition) is 2. The van der Waals surface area contributed by atoms with Gasteiger partial charge in [-0.2, -0.15) is 0 Å². The molecule has 0 fully saturated rings. The molecule has 0 radical (unpaired) electrons. The molecule has 0 saturated heterocycles. The van der Waals surface area contributed by atoms with Crippen molar-refractivity contribution in [2.75, 3.05) is 0 Å². The average Bonchev–Trinajstić information content (AvgIpc) is 2.55. The second-order valence-corrected chi connectivity index (χ2v) is 3.72. The van der Waals surface area contributed by atoms with Crippen molar-refractivity contribution in [3.8, 4) is 16.9 Å². The summed E-state index contributed by atoms with van der Waals surface area (Å²) in [6.45, 7) is 0. The topological polar surface area (TPSA) is 37.3 Å². The number of hydrogen-bond donors (Lipinski definition) is 1. The summed E-state index contributed by atoms with van der Waals surface area (Å²) in [5.41, 5.74) is 1.85. The standard InChI is InChI=1S/C13H7FO2/c14-7-4-5-8-10(6-7)13(16)9-2-1-3-11(15)12(8)9/h1-6,15H. The van der Waals surface area contributed by atoms with Crippen LogP contribution in [0.3, 0.4) is 0 Å². The molecular formula is C13H7FO2. The van der Waals surface area contributed by atoms with E-state index in [0.717, 1.165) is 0 Å². The normalized spacial score (nSPS) is 12.4. The Hall–Kier alpha value is -2.16. The Balaban J connectivity index is 2.41. The lowest BCUT2D eigenvalue weighted by Crippen LogP contribution is -1.95. The molecule has 0 heterocycles. The lowest BCUT2D eigenvalue weighted by molar-refractivity contribution is 0.104. The first-order valence-electron chi connectivity index (χ1n) is 4.85. The molecule has 0 aliphatic heterocycles. The van der Waals surface area contributed by atoms with Gasteiger partial charge in [-0.25, -0.2) is 4.39 Å². The molecule has 0 saturated carbocycles. The molecule has 0 atom stereocenters. The summed E-state index contributed by atoms with van der Waals surface area (Å²) in [5, 5.41) is 9.72. The van der Waals surface area contributed by atoms with E-state index in [1.165, 1.54) is 24.3 Å². The number of phenolic OH excluding ortho intramolecular Hbond substituents is 1. The van der Waals surface area contributed by atoms with Gasteiger partial charge in [0.25, 0.3) is 0 Å². The number of rotatable bonds is 0. The van der Waals surface area contributed by atoms with Gasteiger partial charge >= 0.3 is 0 Å². The molecular weight excluding hydrogens is 207 g/mol. The number of aromatic hydroxyl groups is 1. The molecule has 2 aromatic rings. The molecule has 2 nitrogen and oxygen atoms in total. The fourth-order valence-electron chi connectivity index (χ4n) is 2.08.